The summed E-state index contributed by atoms with van der Waals surface area (Å²) in [6, 6.07) is 9.64. The molecular weight excluding hydrogens is 394 g/mol. The van der Waals surface area contributed by atoms with Gasteiger partial charge in [0.25, 0.3) is 5.91 Å². The number of carbonyl (C=O) groups is 1. The van der Waals surface area contributed by atoms with Gasteiger partial charge in [0.05, 0.1) is 27.4 Å². The van der Waals surface area contributed by atoms with Crippen molar-refractivity contribution in [3.8, 4) is 17.2 Å². The predicted octanol–water partition coefficient (Wildman–Crippen LogP) is 4.62. The van der Waals surface area contributed by atoms with E-state index in [1.54, 1.807) is 56.1 Å². The standard InChI is InChI=1S/C21H21NO4S2/c1-24-15-11-13(12-16(25-2)20(15)26-3)21(23)22-8-6-17-14(7-10-28-17)19(22)18-5-4-9-27-18/h4-5,7,9-12,19H,6,8H2,1-3H3/t19-/m1/s1. The second kappa shape index (κ2) is 7.85. The van der Waals surface area contributed by atoms with E-state index in [-0.39, 0.29) is 11.9 Å². The van der Waals surface area contributed by atoms with Gasteiger partial charge in [0.15, 0.2) is 11.5 Å². The van der Waals surface area contributed by atoms with Gasteiger partial charge >= 0.3 is 0 Å². The van der Waals surface area contributed by atoms with Crippen LogP contribution >= 0.6 is 22.7 Å². The molecule has 0 aliphatic carbocycles. The SMILES string of the molecule is COc1cc(C(=O)N2CCc3sccc3[C@@H]2c2cccs2)cc(OC)c1OC. The molecule has 0 bridgehead atoms. The summed E-state index contributed by atoms with van der Waals surface area (Å²) >= 11 is 3.44. The molecule has 0 radical (unpaired) electrons. The molecule has 0 N–H and O–H groups in total. The Morgan fingerprint density at radius 2 is 1.79 bits per heavy atom. The largest absolute Gasteiger partial charge is 0.493 e. The molecule has 7 heteroatoms. The molecule has 5 nitrogen and oxygen atoms in total. The molecule has 28 heavy (non-hydrogen) atoms. The number of carbonyl (C=O) groups excluding carboxylic acids is 1. The lowest BCUT2D eigenvalue weighted by molar-refractivity contribution is 0.0698. The molecule has 1 amide bonds. The van der Waals surface area contributed by atoms with Crippen LogP contribution in [0.5, 0.6) is 17.2 Å². The highest BCUT2D eigenvalue weighted by molar-refractivity contribution is 7.10. The maximum absolute atomic E-state index is 13.6. The van der Waals surface area contributed by atoms with Crippen LogP contribution in [0.3, 0.4) is 0 Å². The Labute approximate surface area is 172 Å². The van der Waals surface area contributed by atoms with Crippen molar-refractivity contribution in [2.75, 3.05) is 27.9 Å². The van der Waals surface area contributed by atoms with E-state index >= 15 is 0 Å². The summed E-state index contributed by atoms with van der Waals surface area (Å²) in [6.07, 6.45) is 0.866. The van der Waals surface area contributed by atoms with E-state index in [0.29, 0.717) is 29.4 Å². The molecule has 0 saturated heterocycles. The lowest BCUT2D eigenvalue weighted by atomic mass is 9.97. The first kappa shape index (κ1) is 18.8. The van der Waals surface area contributed by atoms with Gasteiger partial charge in [0.1, 0.15) is 0 Å². The Hall–Kier alpha value is -2.51. The number of thiophene rings is 2. The molecule has 0 saturated carbocycles. The highest BCUT2D eigenvalue weighted by Crippen LogP contribution is 2.42. The summed E-state index contributed by atoms with van der Waals surface area (Å²) in [6.45, 7) is 0.672. The Morgan fingerprint density at radius 3 is 2.39 bits per heavy atom. The fourth-order valence-corrected chi connectivity index (χ4v) is 5.42. The van der Waals surface area contributed by atoms with E-state index in [9.17, 15) is 4.79 Å². The molecule has 2 aromatic heterocycles. The highest BCUT2D eigenvalue weighted by Gasteiger charge is 2.34. The minimum absolute atomic E-state index is 0.0468. The minimum Gasteiger partial charge on any atom is -0.493 e. The monoisotopic (exact) mass is 415 g/mol. The van der Waals surface area contributed by atoms with Crippen LogP contribution in [0.15, 0.2) is 41.1 Å². The van der Waals surface area contributed by atoms with Crippen LogP contribution in [0.25, 0.3) is 0 Å². The van der Waals surface area contributed by atoms with E-state index in [1.807, 2.05) is 11.0 Å². The minimum atomic E-state index is -0.0680. The molecule has 3 heterocycles. The molecule has 1 aliphatic heterocycles. The molecule has 0 unspecified atom stereocenters. The number of hydrogen-bond acceptors (Lipinski definition) is 6. The van der Waals surface area contributed by atoms with Gasteiger partial charge in [-0.05, 0) is 47.0 Å². The zero-order valence-corrected chi connectivity index (χ0v) is 17.6. The van der Waals surface area contributed by atoms with Gasteiger partial charge in [-0.25, -0.2) is 0 Å². The van der Waals surface area contributed by atoms with Gasteiger partial charge in [-0.1, -0.05) is 6.07 Å². The first-order valence-electron chi connectivity index (χ1n) is 8.88. The molecule has 3 aromatic rings. The number of hydrogen-bond donors (Lipinski definition) is 0. The molecule has 0 fully saturated rings. The summed E-state index contributed by atoms with van der Waals surface area (Å²) in [7, 11) is 4.66. The van der Waals surface area contributed by atoms with Gasteiger partial charge in [0, 0.05) is 21.9 Å². The van der Waals surface area contributed by atoms with Gasteiger partial charge in [-0.15, -0.1) is 22.7 Å². The molecule has 1 aromatic carbocycles. The van der Waals surface area contributed by atoms with Crippen LogP contribution in [0.2, 0.25) is 0 Å². The second-order valence-electron chi connectivity index (χ2n) is 6.38. The van der Waals surface area contributed by atoms with Crippen molar-refractivity contribution in [3.63, 3.8) is 0 Å². The molecule has 0 spiro atoms. The summed E-state index contributed by atoms with van der Waals surface area (Å²) in [5.41, 5.74) is 1.74. The normalized spacial score (nSPS) is 15.8. The average Bonchev–Trinajstić information content (AvgIpc) is 3.43. The van der Waals surface area contributed by atoms with Crippen LogP contribution < -0.4 is 14.2 Å². The summed E-state index contributed by atoms with van der Waals surface area (Å²) in [5.74, 6) is 1.39. The molecule has 4 rings (SSSR count). The van der Waals surface area contributed by atoms with E-state index in [4.69, 9.17) is 14.2 Å². The maximum atomic E-state index is 13.6. The van der Waals surface area contributed by atoms with E-state index < -0.39 is 0 Å². The van der Waals surface area contributed by atoms with Crippen molar-refractivity contribution in [3.05, 3.63) is 62.0 Å². The zero-order chi connectivity index (χ0) is 19.7. The third-order valence-corrected chi connectivity index (χ3v) is 6.87. The lowest BCUT2D eigenvalue weighted by Gasteiger charge is -2.35. The van der Waals surface area contributed by atoms with Crippen LogP contribution in [0.4, 0.5) is 0 Å². The van der Waals surface area contributed by atoms with Crippen molar-refractivity contribution >= 4 is 28.6 Å². The van der Waals surface area contributed by atoms with Crippen molar-refractivity contribution < 1.29 is 19.0 Å². The summed E-state index contributed by atoms with van der Waals surface area (Å²) in [4.78, 5) is 18.0. The zero-order valence-electron chi connectivity index (χ0n) is 15.9. The molecule has 1 atom stereocenters. The Balaban J connectivity index is 1.77. The highest BCUT2D eigenvalue weighted by atomic mass is 32.1. The Kier molecular flexibility index (Phi) is 5.28. The van der Waals surface area contributed by atoms with Gasteiger partial charge in [0.2, 0.25) is 5.75 Å². The summed E-state index contributed by atoms with van der Waals surface area (Å²) in [5, 5.41) is 4.16. The van der Waals surface area contributed by atoms with Gasteiger partial charge in [-0.3, -0.25) is 4.79 Å². The first-order chi connectivity index (χ1) is 13.7. The van der Waals surface area contributed by atoms with Gasteiger partial charge in [-0.2, -0.15) is 0 Å². The predicted molar refractivity (Wildman–Crippen MR) is 111 cm³/mol. The van der Waals surface area contributed by atoms with Crippen LogP contribution in [-0.4, -0.2) is 38.7 Å². The smallest absolute Gasteiger partial charge is 0.254 e. The number of nitrogens with zero attached hydrogens (tertiary/aromatic N) is 1. The third kappa shape index (κ3) is 3.14. The lowest BCUT2D eigenvalue weighted by Crippen LogP contribution is -2.39. The fraction of sp³-hybridized carbons (Fsp3) is 0.286. The topological polar surface area (TPSA) is 48.0 Å². The van der Waals surface area contributed by atoms with Crippen molar-refractivity contribution in [2.24, 2.45) is 0 Å². The Bertz CT molecular complexity index is 955. The average molecular weight is 416 g/mol. The van der Waals surface area contributed by atoms with E-state index in [0.717, 1.165) is 6.42 Å². The van der Waals surface area contributed by atoms with E-state index in [2.05, 4.69) is 22.9 Å². The Morgan fingerprint density at radius 1 is 1.04 bits per heavy atom. The van der Waals surface area contributed by atoms with Crippen molar-refractivity contribution in [1.82, 2.24) is 4.90 Å². The first-order valence-corrected chi connectivity index (χ1v) is 10.6. The molecule has 1 aliphatic rings. The molecule has 146 valence electrons. The molecular formula is C21H21NO4S2. The fourth-order valence-electron chi connectivity index (χ4n) is 3.66. The number of benzene rings is 1. The number of fused-ring (bicyclic) bond motifs is 1. The van der Waals surface area contributed by atoms with Crippen LogP contribution in [0.1, 0.15) is 31.7 Å². The second-order valence-corrected chi connectivity index (χ2v) is 8.36. The third-order valence-electron chi connectivity index (χ3n) is 4.95. The van der Waals surface area contributed by atoms with Gasteiger partial charge < -0.3 is 19.1 Å². The summed E-state index contributed by atoms with van der Waals surface area (Å²) < 4.78 is 16.2. The van der Waals surface area contributed by atoms with E-state index in [1.165, 1.54) is 15.3 Å². The number of methoxy groups -OCH3 is 3. The van der Waals surface area contributed by atoms with Crippen LogP contribution in [-0.2, 0) is 6.42 Å². The van der Waals surface area contributed by atoms with Crippen molar-refractivity contribution in [2.45, 2.75) is 12.5 Å². The van der Waals surface area contributed by atoms with Crippen molar-refractivity contribution in [1.29, 1.82) is 0 Å². The number of amides is 1. The number of rotatable bonds is 5. The maximum Gasteiger partial charge on any atom is 0.254 e. The number of ether oxygens (including phenoxy) is 3. The quantitative estimate of drug-likeness (QED) is 0.610. The van der Waals surface area contributed by atoms with Crippen LogP contribution in [0, 0.1) is 0 Å².